The van der Waals surface area contributed by atoms with Crippen LogP contribution in [0.3, 0.4) is 0 Å². The van der Waals surface area contributed by atoms with Crippen LogP contribution in [-0.4, -0.2) is 18.6 Å². The highest BCUT2D eigenvalue weighted by Gasteiger charge is 2.11. The second-order valence-electron chi connectivity index (χ2n) is 6.76. The lowest BCUT2D eigenvalue weighted by Crippen LogP contribution is -2.39. The van der Waals surface area contributed by atoms with Crippen LogP contribution in [0.5, 0.6) is 11.5 Å². The minimum absolute atomic E-state index is 0.129. The summed E-state index contributed by atoms with van der Waals surface area (Å²) in [4.78, 5) is 11.9. The standard InChI is InChI=1S/C21H25NO3/c1-21(2,3)22-20(23)13-11-16-10-12-18(19(14-16)24-4)25-15-17-8-6-5-7-9-17/h5-14H,15H2,1-4H3,(H,22,23). The van der Waals surface area contributed by atoms with Crippen molar-refractivity contribution < 1.29 is 14.3 Å². The molecule has 0 fully saturated rings. The van der Waals surface area contributed by atoms with Crippen LogP contribution in [0, 0.1) is 0 Å². The van der Waals surface area contributed by atoms with Gasteiger partial charge in [0.1, 0.15) is 6.61 Å². The normalized spacial score (nSPS) is 11.4. The first kappa shape index (κ1) is 18.6. The Hall–Kier alpha value is -2.75. The summed E-state index contributed by atoms with van der Waals surface area (Å²) >= 11 is 0. The molecule has 4 nitrogen and oxygen atoms in total. The lowest BCUT2D eigenvalue weighted by molar-refractivity contribution is -0.117. The highest BCUT2D eigenvalue weighted by atomic mass is 16.5. The Kier molecular flexibility index (Phi) is 6.23. The van der Waals surface area contributed by atoms with E-state index in [2.05, 4.69) is 5.32 Å². The molecule has 2 aromatic rings. The molecule has 25 heavy (non-hydrogen) atoms. The molecule has 0 aliphatic heterocycles. The smallest absolute Gasteiger partial charge is 0.244 e. The molecule has 0 saturated carbocycles. The maximum absolute atomic E-state index is 11.9. The van der Waals surface area contributed by atoms with E-state index in [1.54, 1.807) is 13.2 Å². The molecule has 2 rings (SSSR count). The van der Waals surface area contributed by atoms with E-state index in [-0.39, 0.29) is 11.4 Å². The van der Waals surface area contributed by atoms with Crippen LogP contribution in [0.2, 0.25) is 0 Å². The Balaban J connectivity index is 2.04. The van der Waals surface area contributed by atoms with Crippen molar-refractivity contribution >= 4 is 12.0 Å². The first-order valence-corrected chi connectivity index (χ1v) is 8.22. The van der Waals surface area contributed by atoms with Crippen LogP contribution in [0.25, 0.3) is 6.08 Å². The van der Waals surface area contributed by atoms with E-state index >= 15 is 0 Å². The SMILES string of the molecule is COc1cc(C=CC(=O)NC(C)(C)C)ccc1OCc1ccccc1. The number of rotatable bonds is 6. The Morgan fingerprint density at radius 2 is 1.80 bits per heavy atom. The predicted octanol–water partition coefficient (Wildman–Crippen LogP) is 4.20. The highest BCUT2D eigenvalue weighted by Crippen LogP contribution is 2.29. The van der Waals surface area contributed by atoms with Gasteiger partial charge in [0.25, 0.3) is 0 Å². The highest BCUT2D eigenvalue weighted by molar-refractivity contribution is 5.92. The molecule has 0 saturated heterocycles. The third-order valence-corrected chi connectivity index (χ3v) is 3.35. The minimum Gasteiger partial charge on any atom is -0.493 e. The summed E-state index contributed by atoms with van der Waals surface area (Å²) < 4.78 is 11.2. The van der Waals surface area contributed by atoms with Crippen molar-refractivity contribution in [1.29, 1.82) is 0 Å². The Morgan fingerprint density at radius 1 is 1.08 bits per heavy atom. The zero-order chi connectivity index (χ0) is 18.3. The molecule has 0 spiro atoms. The third-order valence-electron chi connectivity index (χ3n) is 3.35. The first-order chi connectivity index (χ1) is 11.9. The molecule has 0 heterocycles. The molecule has 0 aliphatic carbocycles. The van der Waals surface area contributed by atoms with Gasteiger partial charge in [-0.15, -0.1) is 0 Å². The number of carbonyl (C=O) groups excluding carboxylic acids is 1. The number of benzene rings is 2. The summed E-state index contributed by atoms with van der Waals surface area (Å²) in [6.07, 6.45) is 3.27. The number of hydrogen-bond donors (Lipinski definition) is 1. The Morgan fingerprint density at radius 3 is 2.44 bits per heavy atom. The number of ether oxygens (including phenoxy) is 2. The van der Waals surface area contributed by atoms with Gasteiger partial charge in [-0.05, 0) is 50.1 Å². The van der Waals surface area contributed by atoms with Gasteiger partial charge in [-0.25, -0.2) is 0 Å². The second-order valence-corrected chi connectivity index (χ2v) is 6.76. The number of amides is 1. The molecule has 1 amide bonds. The summed E-state index contributed by atoms with van der Waals surface area (Å²) in [5.41, 5.74) is 1.70. The van der Waals surface area contributed by atoms with Crippen LogP contribution in [0.15, 0.2) is 54.6 Å². The quantitative estimate of drug-likeness (QED) is 0.802. The number of carbonyl (C=O) groups is 1. The summed E-state index contributed by atoms with van der Waals surface area (Å²) in [6, 6.07) is 15.5. The predicted molar refractivity (Wildman–Crippen MR) is 101 cm³/mol. The molecule has 2 aromatic carbocycles. The van der Waals surface area contributed by atoms with Crippen molar-refractivity contribution in [1.82, 2.24) is 5.32 Å². The van der Waals surface area contributed by atoms with E-state index in [0.717, 1.165) is 11.1 Å². The van der Waals surface area contributed by atoms with Gasteiger partial charge in [0.15, 0.2) is 11.5 Å². The van der Waals surface area contributed by atoms with E-state index < -0.39 is 0 Å². The van der Waals surface area contributed by atoms with Crippen LogP contribution in [0.1, 0.15) is 31.9 Å². The van der Waals surface area contributed by atoms with E-state index in [1.165, 1.54) is 6.08 Å². The van der Waals surface area contributed by atoms with Crippen LogP contribution < -0.4 is 14.8 Å². The van der Waals surface area contributed by atoms with Gasteiger partial charge < -0.3 is 14.8 Å². The van der Waals surface area contributed by atoms with E-state index in [0.29, 0.717) is 18.1 Å². The van der Waals surface area contributed by atoms with Crippen molar-refractivity contribution in [3.05, 3.63) is 65.7 Å². The molecule has 0 atom stereocenters. The van der Waals surface area contributed by atoms with Crippen LogP contribution >= 0.6 is 0 Å². The summed E-state index contributed by atoms with van der Waals surface area (Å²) in [5.74, 6) is 1.17. The average Bonchev–Trinajstić information content (AvgIpc) is 2.58. The van der Waals surface area contributed by atoms with Gasteiger partial charge in [0.2, 0.25) is 5.91 Å². The molecule has 4 heteroatoms. The fourth-order valence-electron chi connectivity index (χ4n) is 2.23. The Bertz CT molecular complexity index is 731. The fraction of sp³-hybridized carbons (Fsp3) is 0.286. The zero-order valence-electron chi connectivity index (χ0n) is 15.2. The lowest BCUT2D eigenvalue weighted by atomic mass is 10.1. The van der Waals surface area contributed by atoms with Gasteiger partial charge in [-0.2, -0.15) is 0 Å². The number of hydrogen-bond acceptors (Lipinski definition) is 3. The summed E-state index contributed by atoms with van der Waals surface area (Å²) in [5, 5.41) is 2.89. The van der Waals surface area contributed by atoms with Crippen molar-refractivity contribution in [3.8, 4) is 11.5 Å². The van der Waals surface area contributed by atoms with Crippen LogP contribution in [0.4, 0.5) is 0 Å². The second kappa shape index (κ2) is 8.38. The monoisotopic (exact) mass is 339 g/mol. The molecule has 1 N–H and O–H groups in total. The minimum atomic E-state index is -0.256. The lowest BCUT2D eigenvalue weighted by Gasteiger charge is -2.19. The first-order valence-electron chi connectivity index (χ1n) is 8.22. The van der Waals surface area contributed by atoms with Crippen molar-refractivity contribution in [3.63, 3.8) is 0 Å². The van der Waals surface area contributed by atoms with Crippen molar-refractivity contribution in [2.45, 2.75) is 32.9 Å². The Labute approximate surface area is 149 Å². The molecule has 0 radical (unpaired) electrons. The van der Waals surface area contributed by atoms with Crippen molar-refractivity contribution in [2.24, 2.45) is 0 Å². The summed E-state index contributed by atoms with van der Waals surface area (Å²) in [7, 11) is 1.60. The largest absolute Gasteiger partial charge is 0.493 e. The van der Waals surface area contributed by atoms with E-state index in [9.17, 15) is 4.79 Å². The zero-order valence-corrected chi connectivity index (χ0v) is 15.2. The molecule has 0 bridgehead atoms. The molecular weight excluding hydrogens is 314 g/mol. The molecule has 0 aliphatic rings. The van der Waals surface area contributed by atoms with E-state index in [4.69, 9.17) is 9.47 Å². The molecule has 132 valence electrons. The van der Waals surface area contributed by atoms with Gasteiger partial charge in [0.05, 0.1) is 7.11 Å². The number of nitrogens with one attached hydrogen (secondary N) is 1. The van der Waals surface area contributed by atoms with Crippen LogP contribution in [-0.2, 0) is 11.4 Å². The van der Waals surface area contributed by atoms with Gasteiger partial charge in [-0.1, -0.05) is 36.4 Å². The molecule has 0 unspecified atom stereocenters. The summed E-state index contributed by atoms with van der Waals surface area (Å²) in [6.45, 7) is 6.31. The van der Waals surface area contributed by atoms with Gasteiger partial charge in [0, 0.05) is 11.6 Å². The van der Waals surface area contributed by atoms with Gasteiger partial charge in [-0.3, -0.25) is 4.79 Å². The number of methoxy groups -OCH3 is 1. The maximum Gasteiger partial charge on any atom is 0.244 e. The molecule has 0 aromatic heterocycles. The topological polar surface area (TPSA) is 47.6 Å². The maximum atomic E-state index is 11.9. The average molecular weight is 339 g/mol. The molecular formula is C21H25NO3. The van der Waals surface area contributed by atoms with Crippen molar-refractivity contribution in [2.75, 3.05) is 7.11 Å². The van der Waals surface area contributed by atoms with E-state index in [1.807, 2.05) is 69.3 Å². The fourth-order valence-corrected chi connectivity index (χ4v) is 2.23. The van der Waals surface area contributed by atoms with Gasteiger partial charge >= 0.3 is 0 Å². The third kappa shape index (κ3) is 6.34.